The first kappa shape index (κ1) is 12.7. The molecule has 1 rings (SSSR count). The monoisotopic (exact) mass is 250 g/mol. The molecule has 0 amide bonds. The first-order valence-electron chi connectivity index (χ1n) is 4.30. The molecule has 1 aromatic rings. The Bertz CT molecular complexity index is 377. The SMILES string of the molecule is CC(Oc1ccc(C(N)=S)nc1)C(F)(F)F. The molecule has 0 saturated heterocycles. The van der Waals surface area contributed by atoms with Gasteiger partial charge in [-0.25, -0.2) is 4.98 Å². The number of thiocarbonyl (C=S) groups is 1. The van der Waals surface area contributed by atoms with Gasteiger partial charge in [-0.1, -0.05) is 12.2 Å². The lowest BCUT2D eigenvalue weighted by atomic mass is 10.3. The van der Waals surface area contributed by atoms with E-state index in [1.54, 1.807) is 0 Å². The van der Waals surface area contributed by atoms with Gasteiger partial charge < -0.3 is 10.5 Å². The molecule has 1 aromatic heterocycles. The molecule has 0 fully saturated rings. The average Bonchev–Trinajstić information content (AvgIpc) is 2.17. The zero-order chi connectivity index (χ0) is 12.3. The van der Waals surface area contributed by atoms with E-state index < -0.39 is 12.3 Å². The number of pyridine rings is 1. The standard InChI is InChI=1S/C9H9F3N2OS/c1-5(9(10,11)12)15-6-2-3-7(8(13)16)14-4-6/h2-5H,1H3,(H2,13,16). The minimum Gasteiger partial charge on any atom is -0.480 e. The summed E-state index contributed by atoms with van der Waals surface area (Å²) in [6, 6.07) is 2.74. The molecular formula is C9H9F3N2OS. The van der Waals surface area contributed by atoms with Crippen LogP contribution in [-0.2, 0) is 0 Å². The van der Waals surface area contributed by atoms with Crippen LogP contribution in [0.4, 0.5) is 13.2 Å². The fourth-order valence-electron chi connectivity index (χ4n) is 0.867. The smallest absolute Gasteiger partial charge is 0.425 e. The molecular weight excluding hydrogens is 241 g/mol. The lowest BCUT2D eigenvalue weighted by molar-refractivity contribution is -0.189. The number of aromatic nitrogens is 1. The van der Waals surface area contributed by atoms with E-state index in [2.05, 4.69) is 21.9 Å². The lowest BCUT2D eigenvalue weighted by Crippen LogP contribution is -2.31. The van der Waals surface area contributed by atoms with Gasteiger partial charge in [-0.3, -0.25) is 0 Å². The first-order chi connectivity index (χ1) is 7.30. The Morgan fingerprint density at radius 1 is 1.50 bits per heavy atom. The summed E-state index contributed by atoms with van der Waals surface area (Å²) in [5, 5.41) is 0. The maximum atomic E-state index is 12.2. The Morgan fingerprint density at radius 3 is 2.50 bits per heavy atom. The normalized spacial score (nSPS) is 13.2. The maximum Gasteiger partial charge on any atom is 0.425 e. The number of rotatable bonds is 3. The summed E-state index contributed by atoms with van der Waals surface area (Å²) in [5.41, 5.74) is 5.62. The summed E-state index contributed by atoms with van der Waals surface area (Å²) in [6.07, 6.45) is -5.14. The van der Waals surface area contributed by atoms with Crippen LogP contribution in [0, 0.1) is 0 Å². The Balaban J connectivity index is 2.73. The number of alkyl halides is 3. The van der Waals surface area contributed by atoms with Gasteiger partial charge in [0.25, 0.3) is 0 Å². The van der Waals surface area contributed by atoms with Crippen molar-refractivity contribution in [1.82, 2.24) is 4.98 Å². The van der Waals surface area contributed by atoms with E-state index in [0.717, 1.165) is 13.1 Å². The maximum absolute atomic E-state index is 12.2. The molecule has 1 atom stereocenters. The number of hydrogen-bond donors (Lipinski definition) is 1. The van der Waals surface area contributed by atoms with Gasteiger partial charge in [-0.05, 0) is 19.1 Å². The van der Waals surface area contributed by atoms with Crippen molar-refractivity contribution in [1.29, 1.82) is 0 Å². The largest absolute Gasteiger partial charge is 0.480 e. The van der Waals surface area contributed by atoms with Crippen molar-refractivity contribution >= 4 is 17.2 Å². The third-order valence-corrected chi connectivity index (χ3v) is 1.97. The molecule has 0 spiro atoms. The van der Waals surface area contributed by atoms with Gasteiger partial charge >= 0.3 is 6.18 Å². The summed E-state index contributed by atoms with van der Waals surface area (Å²) in [6.45, 7) is 0.918. The van der Waals surface area contributed by atoms with Crippen molar-refractivity contribution in [2.45, 2.75) is 19.2 Å². The zero-order valence-electron chi connectivity index (χ0n) is 8.28. The summed E-state index contributed by atoms with van der Waals surface area (Å²) in [4.78, 5) is 3.83. The summed E-state index contributed by atoms with van der Waals surface area (Å²) >= 11 is 4.65. The van der Waals surface area contributed by atoms with Crippen molar-refractivity contribution in [2.75, 3.05) is 0 Å². The highest BCUT2D eigenvalue weighted by Gasteiger charge is 2.38. The van der Waals surface area contributed by atoms with Crippen LogP contribution in [0.25, 0.3) is 0 Å². The number of nitrogens with zero attached hydrogens (tertiary/aromatic N) is 1. The van der Waals surface area contributed by atoms with Crippen LogP contribution in [0.15, 0.2) is 18.3 Å². The Morgan fingerprint density at radius 2 is 2.12 bits per heavy atom. The molecule has 0 aromatic carbocycles. The second-order valence-electron chi connectivity index (χ2n) is 3.05. The van der Waals surface area contributed by atoms with Crippen molar-refractivity contribution in [3.63, 3.8) is 0 Å². The lowest BCUT2D eigenvalue weighted by Gasteiger charge is -2.17. The van der Waals surface area contributed by atoms with Gasteiger partial charge in [0.2, 0.25) is 0 Å². The quantitative estimate of drug-likeness (QED) is 0.834. The summed E-state index contributed by atoms with van der Waals surface area (Å²) < 4.78 is 41.1. The highest BCUT2D eigenvalue weighted by molar-refractivity contribution is 7.80. The molecule has 16 heavy (non-hydrogen) atoms. The predicted molar refractivity (Wildman–Crippen MR) is 56.3 cm³/mol. The van der Waals surface area contributed by atoms with Crippen LogP contribution < -0.4 is 10.5 Å². The molecule has 1 unspecified atom stereocenters. The van der Waals surface area contributed by atoms with E-state index in [1.807, 2.05) is 0 Å². The second kappa shape index (κ2) is 4.65. The van der Waals surface area contributed by atoms with E-state index >= 15 is 0 Å². The highest BCUT2D eigenvalue weighted by atomic mass is 32.1. The van der Waals surface area contributed by atoms with Crippen LogP contribution in [0.2, 0.25) is 0 Å². The fourth-order valence-corrected chi connectivity index (χ4v) is 0.987. The van der Waals surface area contributed by atoms with Crippen molar-refractivity contribution in [2.24, 2.45) is 5.73 Å². The highest BCUT2D eigenvalue weighted by Crippen LogP contribution is 2.24. The number of ether oxygens (including phenoxy) is 1. The minimum atomic E-state index is -4.40. The Hall–Kier alpha value is -1.37. The van der Waals surface area contributed by atoms with Gasteiger partial charge in [0.1, 0.15) is 10.7 Å². The topological polar surface area (TPSA) is 48.1 Å². The molecule has 0 saturated carbocycles. The van der Waals surface area contributed by atoms with Crippen molar-refractivity contribution in [3.8, 4) is 5.75 Å². The van der Waals surface area contributed by atoms with Crippen LogP contribution in [0.1, 0.15) is 12.6 Å². The van der Waals surface area contributed by atoms with Gasteiger partial charge in [-0.15, -0.1) is 0 Å². The summed E-state index contributed by atoms with van der Waals surface area (Å²) in [5.74, 6) is 0.0184. The van der Waals surface area contributed by atoms with Crippen LogP contribution in [0.5, 0.6) is 5.75 Å². The molecule has 0 aliphatic heterocycles. The predicted octanol–water partition coefficient (Wildman–Crippen LogP) is 2.05. The molecule has 0 aliphatic rings. The molecule has 88 valence electrons. The van der Waals surface area contributed by atoms with Crippen LogP contribution in [0.3, 0.4) is 0 Å². The number of hydrogen-bond acceptors (Lipinski definition) is 3. The van der Waals surface area contributed by atoms with E-state index in [9.17, 15) is 13.2 Å². The summed E-state index contributed by atoms with van der Waals surface area (Å²) in [7, 11) is 0. The number of nitrogens with two attached hydrogens (primary N) is 1. The molecule has 0 aliphatic carbocycles. The molecule has 3 nitrogen and oxygen atoms in total. The molecule has 1 heterocycles. The van der Waals surface area contributed by atoms with E-state index in [0.29, 0.717) is 5.69 Å². The van der Waals surface area contributed by atoms with Crippen LogP contribution >= 0.6 is 12.2 Å². The minimum absolute atomic E-state index is 0.0184. The molecule has 2 N–H and O–H groups in total. The fraction of sp³-hybridized carbons (Fsp3) is 0.333. The molecule has 7 heteroatoms. The van der Waals surface area contributed by atoms with E-state index in [-0.39, 0.29) is 10.7 Å². The van der Waals surface area contributed by atoms with Gasteiger partial charge in [0.15, 0.2) is 6.10 Å². The molecule has 0 radical (unpaired) electrons. The van der Waals surface area contributed by atoms with Crippen LogP contribution in [-0.4, -0.2) is 22.3 Å². The van der Waals surface area contributed by atoms with E-state index in [1.165, 1.54) is 12.1 Å². The van der Waals surface area contributed by atoms with Crippen molar-refractivity contribution < 1.29 is 17.9 Å². The van der Waals surface area contributed by atoms with Gasteiger partial charge in [-0.2, -0.15) is 13.2 Å². The second-order valence-corrected chi connectivity index (χ2v) is 3.48. The third kappa shape index (κ3) is 3.34. The molecule has 0 bridgehead atoms. The Labute approximate surface area is 95.4 Å². The van der Waals surface area contributed by atoms with Gasteiger partial charge in [0.05, 0.1) is 11.9 Å². The average molecular weight is 250 g/mol. The zero-order valence-corrected chi connectivity index (χ0v) is 9.10. The number of halogens is 3. The van der Waals surface area contributed by atoms with E-state index in [4.69, 9.17) is 5.73 Å². The first-order valence-corrected chi connectivity index (χ1v) is 4.71. The van der Waals surface area contributed by atoms with Crippen molar-refractivity contribution in [3.05, 3.63) is 24.0 Å². The Kier molecular flexibility index (Phi) is 3.69. The third-order valence-electron chi connectivity index (χ3n) is 1.76. The van der Waals surface area contributed by atoms with Gasteiger partial charge in [0, 0.05) is 0 Å².